The minimum Gasteiger partial charge on any atom is -0.319 e. The molecule has 5 rings (SSSR count). The van der Waals surface area contributed by atoms with E-state index < -0.39 is 0 Å². The van der Waals surface area contributed by atoms with E-state index in [4.69, 9.17) is 0 Å². The van der Waals surface area contributed by atoms with Crippen molar-refractivity contribution in [1.82, 2.24) is 9.88 Å². The minimum atomic E-state index is -0.157. The summed E-state index contributed by atoms with van der Waals surface area (Å²) in [6.07, 6.45) is 13.7. The number of piperidine rings is 1. The largest absolute Gasteiger partial charge is 0.319 e. The number of nitrogens with zero attached hydrogens (tertiary/aromatic N) is 2. The third kappa shape index (κ3) is 2.26. The fraction of sp³-hybridized carbons (Fsp3) is 0.583. The first-order chi connectivity index (χ1) is 13.4. The third-order valence-corrected chi connectivity index (χ3v) is 8.66. The second kappa shape index (κ2) is 6.01. The molecule has 1 saturated heterocycles. The minimum absolute atomic E-state index is 0.0170. The Morgan fingerprint density at radius 1 is 1.14 bits per heavy atom. The van der Waals surface area contributed by atoms with Crippen LogP contribution < -0.4 is 0 Å². The van der Waals surface area contributed by atoms with Crippen molar-refractivity contribution in [1.29, 1.82) is 0 Å². The van der Waals surface area contributed by atoms with Crippen LogP contribution in [0.15, 0.2) is 36.3 Å². The van der Waals surface area contributed by atoms with E-state index in [-0.39, 0.29) is 22.6 Å². The molecule has 5 atom stereocenters. The number of amides is 1. The first kappa shape index (κ1) is 18.1. The molecule has 3 unspecified atom stereocenters. The van der Waals surface area contributed by atoms with E-state index in [2.05, 4.69) is 31.0 Å². The Morgan fingerprint density at radius 2 is 1.96 bits per heavy atom. The summed E-state index contributed by atoms with van der Waals surface area (Å²) in [6.45, 7) is 4.72. The number of hydrogen-bond acceptors (Lipinski definition) is 2. The van der Waals surface area contributed by atoms with Crippen molar-refractivity contribution in [3.8, 4) is 0 Å². The van der Waals surface area contributed by atoms with E-state index in [0.29, 0.717) is 29.7 Å². The second-order valence-corrected chi connectivity index (χ2v) is 9.74. The Hall–Kier alpha value is -1.97. The average molecular weight is 381 g/mol. The normalized spacial score (nSPS) is 39.6. The van der Waals surface area contributed by atoms with Gasteiger partial charge in [-0.25, -0.2) is 4.39 Å². The van der Waals surface area contributed by atoms with Gasteiger partial charge in [0.25, 0.3) is 0 Å². The van der Waals surface area contributed by atoms with Gasteiger partial charge in [0.2, 0.25) is 5.91 Å². The van der Waals surface area contributed by atoms with E-state index >= 15 is 0 Å². The number of carbonyl (C=O) groups excluding carboxylic acids is 1. The highest BCUT2D eigenvalue weighted by Gasteiger charge is 2.57. The van der Waals surface area contributed by atoms with Crippen molar-refractivity contribution >= 4 is 11.5 Å². The van der Waals surface area contributed by atoms with Gasteiger partial charge in [-0.05, 0) is 66.9 Å². The number of likely N-dealkylation sites (tertiary alicyclic amines) is 1. The van der Waals surface area contributed by atoms with Crippen molar-refractivity contribution in [2.24, 2.45) is 28.6 Å². The quantitative estimate of drug-likeness (QED) is 0.671. The number of hydrogen-bond donors (Lipinski definition) is 0. The SMILES string of the molecule is CN1C(=O)CC[C@@]2(C)C1=CCC1C2CC[C@]2(C)C(c3cnccc3F)=CCC12. The van der Waals surface area contributed by atoms with Gasteiger partial charge >= 0.3 is 0 Å². The Morgan fingerprint density at radius 3 is 2.75 bits per heavy atom. The average Bonchev–Trinajstić information content (AvgIpc) is 3.03. The molecule has 3 nitrogen and oxygen atoms in total. The van der Waals surface area contributed by atoms with E-state index in [1.165, 1.54) is 18.0 Å². The van der Waals surface area contributed by atoms with Crippen LogP contribution in [0.25, 0.3) is 5.57 Å². The summed E-state index contributed by atoms with van der Waals surface area (Å²) < 4.78 is 14.5. The molecule has 0 spiro atoms. The highest BCUT2D eigenvalue weighted by molar-refractivity contribution is 5.79. The molecular weight excluding hydrogens is 351 g/mol. The summed E-state index contributed by atoms with van der Waals surface area (Å²) in [5.74, 6) is 1.84. The van der Waals surface area contributed by atoms with E-state index in [0.717, 1.165) is 37.7 Å². The van der Waals surface area contributed by atoms with Gasteiger partial charge in [-0.1, -0.05) is 26.0 Å². The molecule has 0 bridgehead atoms. The molecule has 1 amide bonds. The lowest BCUT2D eigenvalue weighted by molar-refractivity contribution is -0.135. The molecule has 28 heavy (non-hydrogen) atoms. The van der Waals surface area contributed by atoms with Crippen LogP contribution in [-0.2, 0) is 4.79 Å². The van der Waals surface area contributed by atoms with E-state index in [1.54, 1.807) is 6.20 Å². The van der Waals surface area contributed by atoms with Crippen LogP contribution in [0, 0.1) is 34.4 Å². The molecule has 2 heterocycles. The van der Waals surface area contributed by atoms with Gasteiger partial charge in [-0.2, -0.15) is 0 Å². The fourth-order valence-electron chi connectivity index (χ4n) is 7.14. The second-order valence-electron chi connectivity index (χ2n) is 9.74. The number of pyridine rings is 1. The highest BCUT2D eigenvalue weighted by atomic mass is 19.1. The van der Waals surface area contributed by atoms with Crippen molar-refractivity contribution in [3.05, 3.63) is 47.7 Å². The standard InChI is InChI=1S/C24H29FN2O/c1-23-11-8-19-15(4-7-21-24(19,2)12-9-22(28)27(21)3)17(23)5-6-18(23)16-14-26-13-10-20(16)25/h6-7,10,13-15,17,19H,4-5,8-9,11-12H2,1-3H3/t15?,17?,19?,23-,24+/m0/s1. The van der Waals surface area contributed by atoms with Gasteiger partial charge in [-0.15, -0.1) is 0 Å². The molecule has 0 radical (unpaired) electrons. The molecule has 3 aliphatic carbocycles. The topological polar surface area (TPSA) is 33.2 Å². The summed E-state index contributed by atoms with van der Waals surface area (Å²) in [5.41, 5.74) is 3.21. The maximum absolute atomic E-state index is 14.5. The maximum Gasteiger partial charge on any atom is 0.226 e. The van der Waals surface area contributed by atoms with Crippen molar-refractivity contribution < 1.29 is 9.18 Å². The predicted octanol–water partition coefficient (Wildman–Crippen LogP) is 5.20. The molecular formula is C24H29FN2O. The molecule has 1 aliphatic heterocycles. The smallest absolute Gasteiger partial charge is 0.226 e. The van der Waals surface area contributed by atoms with Gasteiger partial charge in [0.15, 0.2) is 0 Å². The van der Waals surface area contributed by atoms with Crippen LogP contribution in [0.5, 0.6) is 0 Å². The lowest BCUT2D eigenvalue weighted by atomic mass is 9.49. The molecule has 1 saturated carbocycles. The number of carbonyl (C=O) groups is 1. The number of allylic oxidation sites excluding steroid dienone is 4. The van der Waals surface area contributed by atoms with Gasteiger partial charge in [0.1, 0.15) is 5.82 Å². The van der Waals surface area contributed by atoms with Crippen LogP contribution >= 0.6 is 0 Å². The molecule has 1 aromatic heterocycles. The van der Waals surface area contributed by atoms with Crippen LogP contribution in [0.4, 0.5) is 4.39 Å². The summed E-state index contributed by atoms with van der Waals surface area (Å²) in [6, 6.07) is 1.48. The lowest BCUT2D eigenvalue weighted by Crippen LogP contribution is -2.53. The van der Waals surface area contributed by atoms with Gasteiger partial charge in [0.05, 0.1) is 0 Å². The summed E-state index contributed by atoms with van der Waals surface area (Å²) in [4.78, 5) is 18.4. The molecule has 2 fully saturated rings. The molecule has 0 N–H and O–H groups in total. The zero-order valence-corrected chi connectivity index (χ0v) is 17.0. The molecule has 4 aliphatic rings. The summed E-state index contributed by atoms with van der Waals surface area (Å²) in [7, 11) is 1.94. The molecule has 0 aromatic carbocycles. The maximum atomic E-state index is 14.5. The number of rotatable bonds is 1. The predicted molar refractivity (Wildman–Crippen MR) is 107 cm³/mol. The summed E-state index contributed by atoms with van der Waals surface area (Å²) >= 11 is 0. The molecule has 148 valence electrons. The number of aromatic nitrogens is 1. The van der Waals surface area contributed by atoms with Gasteiger partial charge < -0.3 is 4.90 Å². The number of halogens is 1. The zero-order chi connectivity index (χ0) is 19.7. The highest BCUT2D eigenvalue weighted by Crippen LogP contribution is 2.66. The Bertz CT molecular complexity index is 906. The monoisotopic (exact) mass is 380 g/mol. The molecule has 4 heteroatoms. The van der Waals surface area contributed by atoms with Crippen LogP contribution in [0.1, 0.15) is 57.9 Å². The first-order valence-corrected chi connectivity index (χ1v) is 10.6. The zero-order valence-electron chi connectivity index (χ0n) is 17.0. The van der Waals surface area contributed by atoms with Crippen molar-refractivity contribution in [2.45, 2.75) is 52.4 Å². The van der Waals surface area contributed by atoms with E-state index in [1.807, 2.05) is 11.9 Å². The Balaban J connectivity index is 1.50. The van der Waals surface area contributed by atoms with E-state index in [9.17, 15) is 9.18 Å². The van der Waals surface area contributed by atoms with Crippen LogP contribution in [0.2, 0.25) is 0 Å². The van der Waals surface area contributed by atoms with Gasteiger partial charge in [0, 0.05) is 42.5 Å². The Kier molecular flexibility index (Phi) is 3.88. The van der Waals surface area contributed by atoms with Crippen molar-refractivity contribution in [2.75, 3.05) is 7.05 Å². The third-order valence-electron chi connectivity index (χ3n) is 8.66. The lowest BCUT2D eigenvalue weighted by Gasteiger charge is -2.58. The van der Waals surface area contributed by atoms with Crippen molar-refractivity contribution in [3.63, 3.8) is 0 Å². The number of fused-ring (bicyclic) bond motifs is 5. The summed E-state index contributed by atoms with van der Waals surface area (Å²) in [5, 5.41) is 0. The van der Waals surface area contributed by atoms with Crippen LogP contribution in [-0.4, -0.2) is 22.8 Å². The first-order valence-electron chi connectivity index (χ1n) is 10.6. The molecule has 1 aromatic rings. The fourth-order valence-corrected chi connectivity index (χ4v) is 7.14. The Labute approximate surface area is 166 Å². The van der Waals surface area contributed by atoms with Gasteiger partial charge in [-0.3, -0.25) is 9.78 Å². The van der Waals surface area contributed by atoms with Crippen LogP contribution in [0.3, 0.4) is 0 Å².